The summed E-state index contributed by atoms with van der Waals surface area (Å²) >= 11 is 2.85. The Morgan fingerprint density at radius 3 is 2.65 bits per heavy atom. The van der Waals surface area contributed by atoms with Gasteiger partial charge < -0.3 is 10.6 Å². The summed E-state index contributed by atoms with van der Waals surface area (Å²) in [7, 11) is 0. The van der Waals surface area contributed by atoms with Crippen molar-refractivity contribution in [1.82, 2.24) is 15.5 Å². The van der Waals surface area contributed by atoms with Crippen LogP contribution in [0, 0.1) is 5.92 Å². The van der Waals surface area contributed by atoms with Crippen molar-refractivity contribution >= 4 is 34.1 Å². The fourth-order valence-corrected chi connectivity index (χ4v) is 4.01. The number of carbonyl (C=O) groups is 1. The van der Waals surface area contributed by atoms with Gasteiger partial charge in [0.15, 0.2) is 4.34 Å². The minimum absolute atomic E-state index is 0.00377. The van der Waals surface area contributed by atoms with E-state index in [2.05, 4.69) is 72.4 Å². The number of rotatable bonds is 10. The largest absolute Gasteiger partial charge is 0.357 e. The van der Waals surface area contributed by atoms with Crippen molar-refractivity contribution < 1.29 is 4.79 Å². The van der Waals surface area contributed by atoms with Gasteiger partial charge in [-0.15, -0.1) is 16.8 Å². The average Bonchev–Trinajstić information content (AvgIpc) is 3.10. The fraction of sp³-hybridized carbons (Fsp3) is 0.421. The number of hydrogen-bond acceptors (Lipinski definition) is 6. The molecule has 0 saturated carbocycles. The number of hydrogen-bond donors (Lipinski definition) is 2. The Labute approximate surface area is 163 Å². The molecule has 0 bridgehead atoms. The van der Waals surface area contributed by atoms with Crippen LogP contribution in [-0.4, -0.2) is 28.4 Å². The molecule has 1 aromatic carbocycles. The number of nitrogens with zero attached hydrogens (tertiary/aromatic N) is 2. The molecule has 1 amide bonds. The molecule has 0 aliphatic heterocycles. The van der Waals surface area contributed by atoms with Crippen molar-refractivity contribution in [3.8, 4) is 0 Å². The highest BCUT2D eigenvalue weighted by molar-refractivity contribution is 8.01. The molecule has 0 radical (unpaired) electrons. The molecule has 0 saturated heterocycles. The summed E-state index contributed by atoms with van der Waals surface area (Å²) in [5.74, 6) is 0.642. The quantitative estimate of drug-likeness (QED) is 0.467. The van der Waals surface area contributed by atoms with E-state index in [1.807, 2.05) is 0 Å². The number of aromatic nitrogens is 2. The molecule has 2 rings (SSSR count). The predicted molar refractivity (Wildman–Crippen MR) is 111 cm³/mol. The van der Waals surface area contributed by atoms with E-state index in [9.17, 15) is 4.79 Å². The third-order valence-corrected chi connectivity index (χ3v) is 5.88. The average molecular weight is 391 g/mol. The summed E-state index contributed by atoms with van der Waals surface area (Å²) in [6.07, 6.45) is 2.78. The third-order valence-electron chi connectivity index (χ3n) is 3.86. The van der Waals surface area contributed by atoms with Gasteiger partial charge >= 0.3 is 0 Å². The van der Waals surface area contributed by atoms with Crippen LogP contribution in [0.3, 0.4) is 0 Å². The second kappa shape index (κ2) is 10.3. The Bertz CT molecular complexity index is 713. The molecule has 0 unspecified atom stereocenters. The first-order valence-electron chi connectivity index (χ1n) is 8.72. The molecule has 5 nitrogen and oxygen atoms in total. The summed E-state index contributed by atoms with van der Waals surface area (Å²) in [5, 5.41) is 15.1. The topological polar surface area (TPSA) is 66.9 Å². The van der Waals surface area contributed by atoms with E-state index in [-0.39, 0.29) is 11.9 Å². The van der Waals surface area contributed by atoms with Gasteiger partial charge in [0, 0.05) is 6.54 Å². The normalized spacial score (nSPS) is 12.0. The van der Waals surface area contributed by atoms with E-state index >= 15 is 0 Å². The number of nitrogens with one attached hydrogen (secondary N) is 2. The lowest BCUT2D eigenvalue weighted by Crippen LogP contribution is -2.33. The molecule has 2 N–H and O–H groups in total. The zero-order chi connectivity index (χ0) is 18.9. The van der Waals surface area contributed by atoms with Gasteiger partial charge in [-0.2, -0.15) is 0 Å². The Kier molecular flexibility index (Phi) is 8.12. The number of thioether (sulfide) groups is 1. The molecule has 140 valence electrons. The highest BCUT2D eigenvalue weighted by Gasteiger charge is 2.19. The van der Waals surface area contributed by atoms with Crippen LogP contribution in [0.5, 0.6) is 0 Å². The Morgan fingerprint density at radius 1 is 1.31 bits per heavy atom. The molecule has 1 aromatic heterocycles. The lowest BCUT2D eigenvalue weighted by atomic mass is 9.95. The molecule has 0 aliphatic carbocycles. The summed E-state index contributed by atoms with van der Waals surface area (Å²) in [6, 6.07) is 8.49. The van der Waals surface area contributed by atoms with Crippen molar-refractivity contribution in [2.24, 2.45) is 5.92 Å². The minimum atomic E-state index is 0.00377. The van der Waals surface area contributed by atoms with E-state index in [0.29, 0.717) is 18.2 Å². The van der Waals surface area contributed by atoms with Crippen molar-refractivity contribution in [2.75, 3.05) is 17.6 Å². The van der Waals surface area contributed by atoms with Crippen LogP contribution in [0.15, 0.2) is 41.3 Å². The van der Waals surface area contributed by atoms with Gasteiger partial charge in [-0.3, -0.25) is 4.79 Å². The van der Waals surface area contributed by atoms with E-state index in [0.717, 1.165) is 21.5 Å². The Morgan fingerprint density at radius 2 is 2.04 bits per heavy atom. The smallest absolute Gasteiger partial charge is 0.230 e. The van der Waals surface area contributed by atoms with Crippen molar-refractivity contribution in [3.05, 3.63) is 48.0 Å². The first kappa shape index (κ1) is 20.5. The standard InChI is InChI=1S/C19H26N4OS2/c1-5-11-20-18-22-23-19(26-18)25-12-16(24)21-17(13(3)4)15-9-7-14(6-2)8-10-15/h5,7-10,13,17H,1,6,11-12H2,2-4H3,(H,20,22)(H,21,24)/t17-/m1/s1. The summed E-state index contributed by atoms with van der Waals surface area (Å²) < 4.78 is 0.778. The lowest BCUT2D eigenvalue weighted by Gasteiger charge is -2.23. The highest BCUT2D eigenvalue weighted by Crippen LogP contribution is 2.26. The molecule has 0 spiro atoms. The lowest BCUT2D eigenvalue weighted by molar-refractivity contribution is -0.119. The van der Waals surface area contributed by atoms with Crippen molar-refractivity contribution in [3.63, 3.8) is 0 Å². The molecule has 2 aromatic rings. The Hall–Kier alpha value is -1.86. The number of anilines is 1. The molecule has 1 heterocycles. The number of carbonyl (C=O) groups excluding carboxylic acids is 1. The van der Waals surface area contributed by atoms with Gasteiger partial charge in [-0.1, -0.05) is 74.2 Å². The first-order valence-corrected chi connectivity index (χ1v) is 10.5. The second-order valence-electron chi connectivity index (χ2n) is 6.22. The van der Waals surface area contributed by atoms with Gasteiger partial charge in [-0.25, -0.2) is 0 Å². The van der Waals surface area contributed by atoms with E-state index in [4.69, 9.17) is 0 Å². The molecular formula is C19H26N4OS2. The van der Waals surface area contributed by atoms with Crippen LogP contribution in [0.1, 0.15) is 37.9 Å². The van der Waals surface area contributed by atoms with E-state index in [1.54, 1.807) is 6.08 Å². The van der Waals surface area contributed by atoms with Crippen molar-refractivity contribution in [1.29, 1.82) is 0 Å². The molecule has 26 heavy (non-hydrogen) atoms. The Balaban J connectivity index is 1.90. The van der Waals surface area contributed by atoms with Crippen LogP contribution in [0.4, 0.5) is 5.13 Å². The van der Waals surface area contributed by atoms with Gasteiger partial charge in [0.05, 0.1) is 11.8 Å². The molecule has 0 fully saturated rings. The summed E-state index contributed by atoms with van der Waals surface area (Å²) in [6.45, 7) is 10.7. The summed E-state index contributed by atoms with van der Waals surface area (Å²) in [5.41, 5.74) is 2.44. The first-order chi connectivity index (χ1) is 12.5. The van der Waals surface area contributed by atoms with Gasteiger partial charge in [0.1, 0.15) is 0 Å². The van der Waals surface area contributed by atoms with Crippen LogP contribution in [-0.2, 0) is 11.2 Å². The predicted octanol–water partition coefficient (Wildman–Crippen LogP) is 4.30. The van der Waals surface area contributed by atoms with E-state index in [1.165, 1.54) is 28.7 Å². The van der Waals surface area contributed by atoms with E-state index < -0.39 is 0 Å². The number of aryl methyl sites for hydroxylation is 1. The van der Waals surface area contributed by atoms with Gasteiger partial charge in [-0.05, 0) is 23.5 Å². The zero-order valence-corrected chi connectivity index (χ0v) is 17.1. The maximum atomic E-state index is 12.4. The maximum absolute atomic E-state index is 12.4. The second-order valence-corrected chi connectivity index (χ2v) is 8.42. The SMILES string of the molecule is C=CCNc1nnc(SCC(=O)N[C@@H](c2ccc(CC)cc2)C(C)C)s1. The molecule has 1 atom stereocenters. The van der Waals surface area contributed by atoms with Crippen LogP contribution < -0.4 is 10.6 Å². The maximum Gasteiger partial charge on any atom is 0.230 e. The minimum Gasteiger partial charge on any atom is -0.357 e. The third kappa shape index (κ3) is 6.14. The molecular weight excluding hydrogens is 364 g/mol. The van der Waals surface area contributed by atoms with Gasteiger partial charge in [0.25, 0.3) is 0 Å². The summed E-state index contributed by atoms with van der Waals surface area (Å²) in [4.78, 5) is 12.4. The van der Waals surface area contributed by atoms with Gasteiger partial charge in [0.2, 0.25) is 11.0 Å². The van der Waals surface area contributed by atoms with Crippen LogP contribution in [0.25, 0.3) is 0 Å². The monoisotopic (exact) mass is 390 g/mol. The van der Waals surface area contributed by atoms with Crippen LogP contribution >= 0.6 is 23.1 Å². The fourth-order valence-electron chi connectivity index (χ4n) is 2.44. The molecule has 7 heteroatoms. The van der Waals surface area contributed by atoms with Crippen LogP contribution in [0.2, 0.25) is 0 Å². The van der Waals surface area contributed by atoms with Crippen molar-refractivity contribution in [2.45, 2.75) is 37.6 Å². The highest BCUT2D eigenvalue weighted by atomic mass is 32.2. The molecule has 0 aliphatic rings. The number of benzene rings is 1. The zero-order valence-electron chi connectivity index (χ0n) is 15.5. The number of amides is 1.